The maximum absolute atomic E-state index is 13.5. The third-order valence-electron chi connectivity index (χ3n) is 3.19. The number of rotatable bonds is 4. The molecule has 0 spiro atoms. The molecule has 0 aromatic heterocycles. The lowest BCUT2D eigenvalue weighted by Gasteiger charge is -2.20. The van der Waals surface area contributed by atoms with Gasteiger partial charge in [-0.1, -0.05) is 54.6 Å². The van der Waals surface area contributed by atoms with Gasteiger partial charge in [0.25, 0.3) is 0 Å². The molecule has 0 N–H and O–H groups in total. The van der Waals surface area contributed by atoms with E-state index >= 15 is 0 Å². The van der Waals surface area contributed by atoms with Gasteiger partial charge >= 0.3 is 0 Å². The van der Waals surface area contributed by atoms with Crippen molar-refractivity contribution in [1.29, 1.82) is 0 Å². The Morgan fingerprint density at radius 3 is 2.38 bits per heavy atom. The van der Waals surface area contributed by atoms with Crippen molar-refractivity contribution in [3.05, 3.63) is 102 Å². The van der Waals surface area contributed by atoms with Gasteiger partial charge in [-0.15, -0.1) is 0 Å². The molecule has 0 aliphatic rings. The summed E-state index contributed by atoms with van der Waals surface area (Å²) in [6, 6.07) is 26.6. The maximum atomic E-state index is 13.5. The zero-order valence-electron chi connectivity index (χ0n) is 11.4. The Bertz CT molecular complexity index is 695. The molecule has 0 aliphatic carbocycles. The van der Waals surface area contributed by atoms with Crippen molar-refractivity contribution in [3.63, 3.8) is 0 Å². The highest BCUT2D eigenvalue weighted by molar-refractivity contribution is 5.33. The predicted octanol–water partition coefficient (Wildman–Crippen LogP) is 4.79. The summed E-state index contributed by atoms with van der Waals surface area (Å²) < 4.78 is 19.6. The van der Waals surface area contributed by atoms with Crippen molar-refractivity contribution in [3.8, 4) is 5.75 Å². The van der Waals surface area contributed by atoms with Crippen LogP contribution >= 0.6 is 0 Å². The summed E-state index contributed by atoms with van der Waals surface area (Å²) in [7, 11) is 0. The zero-order chi connectivity index (χ0) is 14.5. The van der Waals surface area contributed by atoms with Crippen LogP contribution in [-0.4, -0.2) is 0 Å². The van der Waals surface area contributed by atoms with Gasteiger partial charge in [0, 0.05) is 0 Å². The van der Waals surface area contributed by atoms with Crippen molar-refractivity contribution >= 4 is 0 Å². The van der Waals surface area contributed by atoms with E-state index in [2.05, 4.69) is 6.07 Å². The fraction of sp³-hybridized carbons (Fsp3) is 0.0526. The van der Waals surface area contributed by atoms with Gasteiger partial charge in [-0.3, -0.25) is 0 Å². The molecule has 0 heterocycles. The van der Waals surface area contributed by atoms with E-state index < -0.39 is 0 Å². The molecular formula is C19H14FO. The molecule has 0 fully saturated rings. The van der Waals surface area contributed by atoms with Gasteiger partial charge in [0.15, 0.2) is 0 Å². The molecule has 0 saturated carbocycles. The van der Waals surface area contributed by atoms with Crippen LogP contribution in [0.15, 0.2) is 78.9 Å². The molecule has 0 amide bonds. The largest absolute Gasteiger partial charge is 0.481 e. The van der Waals surface area contributed by atoms with Crippen LogP contribution < -0.4 is 4.74 Å². The number of ether oxygens (including phenoxy) is 1. The highest BCUT2D eigenvalue weighted by Crippen LogP contribution is 2.28. The summed E-state index contributed by atoms with van der Waals surface area (Å²) in [5.74, 6) is 0.437. The van der Waals surface area contributed by atoms with Gasteiger partial charge in [-0.05, 0) is 41.5 Å². The first-order valence-corrected chi connectivity index (χ1v) is 6.76. The predicted molar refractivity (Wildman–Crippen MR) is 80.6 cm³/mol. The summed E-state index contributed by atoms with van der Waals surface area (Å²) in [5.41, 5.74) is 1.76. The molecular weight excluding hydrogens is 263 g/mol. The van der Waals surface area contributed by atoms with E-state index in [9.17, 15) is 4.39 Å². The average molecular weight is 277 g/mol. The summed E-state index contributed by atoms with van der Waals surface area (Å²) in [5, 5.41) is 0. The van der Waals surface area contributed by atoms with E-state index in [0.717, 1.165) is 11.1 Å². The Morgan fingerprint density at radius 1 is 0.857 bits per heavy atom. The number of halogens is 1. The molecule has 3 rings (SSSR count). The molecule has 0 bridgehead atoms. The fourth-order valence-corrected chi connectivity index (χ4v) is 2.21. The van der Waals surface area contributed by atoms with Crippen molar-refractivity contribution < 1.29 is 9.13 Å². The van der Waals surface area contributed by atoms with Crippen LogP contribution in [0, 0.1) is 11.9 Å². The van der Waals surface area contributed by atoms with Crippen LogP contribution in [0.4, 0.5) is 4.39 Å². The fourth-order valence-electron chi connectivity index (χ4n) is 2.21. The summed E-state index contributed by atoms with van der Waals surface area (Å²) in [4.78, 5) is 0. The summed E-state index contributed by atoms with van der Waals surface area (Å²) in [6.07, 6.45) is -0.349. The van der Waals surface area contributed by atoms with Gasteiger partial charge in [-0.2, -0.15) is 0 Å². The molecule has 1 nitrogen and oxygen atoms in total. The second kappa shape index (κ2) is 6.23. The molecule has 3 aromatic rings. The first-order chi connectivity index (χ1) is 10.3. The average Bonchev–Trinajstić information content (AvgIpc) is 2.54. The van der Waals surface area contributed by atoms with Gasteiger partial charge in [0.2, 0.25) is 0 Å². The maximum Gasteiger partial charge on any atom is 0.149 e. The van der Waals surface area contributed by atoms with Crippen LogP contribution in [0.5, 0.6) is 5.75 Å². The van der Waals surface area contributed by atoms with E-state index in [1.54, 1.807) is 12.1 Å². The molecule has 0 saturated heterocycles. The Morgan fingerprint density at radius 2 is 1.67 bits per heavy atom. The number of hydrogen-bond acceptors (Lipinski definition) is 1. The van der Waals surface area contributed by atoms with E-state index in [1.165, 1.54) is 12.1 Å². The van der Waals surface area contributed by atoms with Gasteiger partial charge in [-0.25, -0.2) is 4.39 Å². The van der Waals surface area contributed by atoms with Crippen molar-refractivity contribution in [2.75, 3.05) is 0 Å². The lowest BCUT2D eigenvalue weighted by molar-refractivity contribution is 0.246. The van der Waals surface area contributed by atoms with E-state index in [1.807, 2.05) is 54.6 Å². The molecule has 0 aliphatic heterocycles. The van der Waals surface area contributed by atoms with E-state index in [0.29, 0.717) is 5.75 Å². The molecule has 1 atom stereocenters. The highest BCUT2D eigenvalue weighted by Gasteiger charge is 2.16. The molecule has 1 unspecified atom stereocenters. The zero-order valence-corrected chi connectivity index (χ0v) is 11.4. The highest BCUT2D eigenvalue weighted by atomic mass is 19.1. The minimum atomic E-state index is -0.349. The molecule has 103 valence electrons. The van der Waals surface area contributed by atoms with Crippen molar-refractivity contribution in [1.82, 2.24) is 0 Å². The summed E-state index contributed by atoms with van der Waals surface area (Å²) in [6.45, 7) is 0. The lowest BCUT2D eigenvalue weighted by Crippen LogP contribution is -2.09. The monoisotopic (exact) mass is 277 g/mol. The van der Waals surface area contributed by atoms with Gasteiger partial charge in [0.05, 0.1) is 0 Å². The van der Waals surface area contributed by atoms with Crippen molar-refractivity contribution in [2.45, 2.75) is 6.10 Å². The quantitative estimate of drug-likeness (QED) is 0.666. The second-order valence-electron chi connectivity index (χ2n) is 4.70. The molecule has 21 heavy (non-hydrogen) atoms. The smallest absolute Gasteiger partial charge is 0.149 e. The Balaban J connectivity index is 1.99. The second-order valence-corrected chi connectivity index (χ2v) is 4.70. The lowest BCUT2D eigenvalue weighted by atomic mass is 10.0. The third-order valence-corrected chi connectivity index (χ3v) is 3.19. The van der Waals surface area contributed by atoms with Crippen LogP contribution in [0.25, 0.3) is 0 Å². The summed E-state index contributed by atoms with van der Waals surface area (Å²) >= 11 is 0. The Labute approximate surface area is 123 Å². The topological polar surface area (TPSA) is 9.23 Å². The Hall–Kier alpha value is -2.61. The van der Waals surface area contributed by atoms with Crippen LogP contribution in [-0.2, 0) is 0 Å². The first kappa shape index (κ1) is 13.4. The SMILES string of the molecule is Fc1cccc(C(Oc2c[c]ccc2)c2ccccc2)c1. The van der Waals surface area contributed by atoms with Crippen LogP contribution in [0.3, 0.4) is 0 Å². The Kier molecular flexibility index (Phi) is 3.97. The number of hydrogen-bond donors (Lipinski definition) is 0. The standard InChI is InChI=1S/C19H14FO/c20-17-11-7-10-16(14-17)19(15-8-3-1-4-9-15)21-18-12-5-2-6-13-18/h1-5,7-14,19H. The number of benzene rings is 3. The van der Waals surface area contributed by atoms with Gasteiger partial charge < -0.3 is 4.74 Å². The van der Waals surface area contributed by atoms with Crippen molar-refractivity contribution in [2.24, 2.45) is 0 Å². The molecule has 3 aromatic carbocycles. The molecule has 1 radical (unpaired) electrons. The van der Waals surface area contributed by atoms with E-state index in [-0.39, 0.29) is 11.9 Å². The van der Waals surface area contributed by atoms with E-state index in [4.69, 9.17) is 4.74 Å². The van der Waals surface area contributed by atoms with Gasteiger partial charge in [0.1, 0.15) is 17.7 Å². The minimum absolute atomic E-state index is 0.267. The normalized spacial score (nSPS) is 11.9. The minimum Gasteiger partial charge on any atom is -0.481 e. The molecule has 2 heteroatoms. The third kappa shape index (κ3) is 3.29. The first-order valence-electron chi connectivity index (χ1n) is 6.76. The van der Waals surface area contributed by atoms with Crippen LogP contribution in [0.2, 0.25) is 0 Å². The van der Waals surface area contributed by atoms with Crippen LogP contribution in [0.1, 0.15) is 17.2 Å².